The molecule has 1 aromatic rings. The van der Waals surface area contributed by atoms with Crippen LogP contribution in [-0.2, 0) is 0 Å². The number of hydrogen-bond acceptors (Lipinski definition) is 5. The van der Waals surface area contributed by atoms with Crippen molar-refractivity contribution >= 4 is 11.5 Å². The highest BCUT2D eigenvalue weighted by Crippen LogP contribution is 2.32. The summed E-state index contributed by atoms with van der Waals surface area (Å²) in [5, 5.41) is 12.5. The topological polar surface area (TPSA) is 104 Å². The Hall–Kier alpha value is -1.56. The van der Waals surface area contributed by atoms with Gasteiger partial charge in [0.25, 0.3) is 5.56 Å². The number of rotatable bonds is 3. The van der Waals surface area contributed by atoms with Gasteiger partial charge in [-0.3, -0.25) is 4.79 Å². The first-order chi connectivity index (χ1) is 7.67. The van der Waals surface area contributed by atoms with Gasteiger partial charge in [0.15, 0.2) is 5.82 Å². The van der Waals surface area contributed by atoms with Crippen molar-refractivity contribution < 1.29 is 5.11 Å². The van der Waals surface area contributed by atoms with E-state index in [1.165, 1.54) is 6.33 Å². The molecular weight excluding hydrogens is 208 g/mol. The van der Waals surface area contributed by atoms with Gasteiger partial charge in [-0.1, -0.05) is 12.8 Å². The molecule has 0 radical (unpaired) electrons. The summed E-state index contributed by atoms with van der Waals surface area (Å²) in [6.45, 7) is 0.0287. The van der Waals surface area contributed by atoms with E-state index in [9.17, 15) is 9.90 Å². The van der Waals surface area contributed by atoms with Crippen LogP contribution >= 0.6 is 0 Å². The summed E-state index contributed by atoms with van der Waals surface area (Å²) in [6.07, 6.45) is 5.18. The molecule has 0 aromatic carbocycles. The van der Waals surface area contributed by atoms with Gasteiger partial charge in [0, 0.05) is 0 Å². The quantitative estimate of drug-likeness (QED) is 0.581. The molecule has 0 amide bonds. The van der Waals surface area contributed by atoms with Gasteiger partial charge in [-0.2, -0.15) is 0 Å². The van der Waals surface area contributed by atoms with Crippen LogP contribution in [0.15, 0.2) is 11.1 Å². The molecule has 1 aromatic heterocycles. The molecule has 1 heterocycles. The fourth-order valence-electron chi connectivity index (χ4n) is 2.14. The van der Waals surface area contributed by atoms with Gasteiger partial charge in [0.05, 0.1) is 18.5 Å². The number of nitrogens with zero attached hydrogens (tertiary/aromatic N) is 1. The molecule has 88 valence electrons. The van der Waals surface area contributed by atoms with E-state index in [1.807, 2.05) is 0 Å². The molecule has 0 unspecified atom stereocenters. The predicted octanol–water partition coefficient (Wildman–Crippen LogP) is 0.0691. The average molecular weight is 224 g/mol. The molecule has 0 saturated heterocycles. The van der Waals surface area contributed by atoms with Crippen molar-refractivity contribution in [3.8, 4) is 0 Å². The Balaban J connectivity index is 2.26. The van der Waals surface area contributed by atoms with Crippen LogP contribution < -0.4 is 16.6 Å². The van der Waals surface area contributed by atoms with E-state index in [0.29, 0.717) is 5.82 Å². The smallest absolute Gasteiger partial charge is 0.276 e. The molecule has 5 N–H and O–H groups in total. The lowest BCUT2D eigenvalue weighted by atomic mass is 9.99. The van der Waals surface area contributed by atoms with Crippen molar-refractivity contribution in [3.05, 3.63) is 16.7 Å². The van der Waals surface area contributed by atoms with Crippen LogP contribution in [0.2, 0.25) is 0 Å². The highest BCUT2D eigenvalue weighted by atomic mass is 16.3. The van der Waals surface area contributed by atoms with Crippen molar-refractivity contribution in [2.24, 2.45) is 0 Å². The first-order valence-electron chi connectivity index (χ1n) is 5.39. The fraction of sp³-hybridized carbons (Fsp3) is 0.600. The highest BCUT2D eigenvalue weighted by molar-refractivity contribution is 5.60. The Bertz CT molecular complexity index is 423. The molecule has 0 aliphatic heterocycles. The molecule has 1 aliphatic carbocycles. The Morgan fingerprint density at radius 2 is 2.25 bits per heavy atom. The standard InChI is InChI=1S/C10H16N4O2/c11-7-8(12-6-13-9(7)16)14-10(5-15)3-1-2-4-10/h6,15H,1-5,11H2,(H2,12,13,14,16). The summed E-state index contributed by atoms with van der Waals surface area (Å²) in [5.74, 6) is 0.361. The second-order valence-electron chi connectivity index (χ2n) is 4.26. The summed E-state index contributed by atoms with van der Waals surface area (Å²) in [5.41, 5.74) is 4.97. The lowest BCUT2D eigenvalue weighted by molar-refractivity contribution is 0.214. The van der Waals surface area contributed by atoms with E-state index in [4.69, 9.17) is 5.73 Å². The molecular formula is C10H16N4O2. The number of nitrogens with one attached hydrogen (secondary N) is 2. The minimum absolute atomic E-state index is 0.0287. The molecule has 0 bridgehead atoms. The summed E-state index contributed by atoms with van der Waals surface area (Å²) < 4.78 is 0. The van der Waals surface area contributed by atoms with Gasteiger partial charge < -0.3 is 21.1 Å². The number of nitrogen functional groups attached to an aromatic ring is 1. The van der Waals surface area contributed by atoms with Crippen molar-refractivity contribution in [2.45, 2.75) is 31.2 Å². The van der Waals surface area contributed by atoms with Crippen molar-refractivity contribution in [3.63, 3.8) is 0 Å². The second kappa shape index (κ2) is 4.13. The van der Waals surface area contributed by atoms with Gasteiger partial charge in [0.2, 0.25) is 0 Å². The number of aromatic nitrogens is 2. The van der Waals surface area contributed by atoms with Crippen molar-refractivity contribution in [1.82, 2.24) is 9.97 Å². The van der Waals surface area contributed by atoms with Gasteiger partial charge in [0.1, 0.15) is 5.69 Å². The molecule has 6 heteroatoms. The van der Waals surface area contributed by atoms with Crippen LogP contribution in [0.3, 0.4) is 0 Å². The van der Waals surface area contributed by atoms with Crippen LogP contribution in [0.1, 0.15) is 25.7 Å². The zero-order valence-electron chi connectivity index (χ0n) is 8.99. The Labute approximate surface area is 92.9 Å². The molecule has 0 atom stereocenters. The first kappa shape index (κ1) is 10.9. The number of aliphatic hydroxyl groups excluding tert-OH is 1. The molecule has 16 heavy (non-hydrogen) atoms. The van der Waals surface area contributed by atoms with Crippen LogP contribution in [0.5, 0.6) is 0 Å². The number of aliphatic hydroxyl groups is 1. The number of nitrogens with two attached hydrogens (primary N) is 1. The largest absolute Gasteiger partial charge is 0.394 e. The van der Waals surface area contributed by atoms with Gasteiger partial charge >= 0.3 is 0 Å². The van der Waals surface area contributed by atoms with E-state index >= 15 is 0 Å². The van der Waals surface area contributed by atoms with Gasteiger partial charge in [-0.15, -0.1) is 0 Å². The zero-order chi connectivity index (χ0) is 11.6. The SMILES string of the molecule is Nc1c(NC2(CO)CCCC2)nc[nH]c1=O. The minimum Gasteiger partial charge on any atom is -0.394 e. The normalized spacial score (nSPS) is 18.6. The van der Waals surface area contributed by atoms with Crippen LogP contribution in [-0.4, -0.2) is 27.2 Å². The lowest BCUT2D eigenvalue weighted by Crippen LogP contribution is -2.40. The van der Waals surface area contributed by atoms with E-state index < -0.39 is 0 Å². The van der Waals surface area contributed by atoms with Crippen molar-refractivity contribution in [1.29, 1.82) is 0 Å². The van der Waals surface area contributed by atoms with E-state index in [-0.39, 0.29) is 23.4 Å². The monoisotopic (exact) mass is 224 g/mol. The third-order valence-electron chi connectivity index (χ3n) is 3.14. The van der Waals surface area contributed by atoms with E-state index in [2.05, 4.69) is 15.3 Å². The fourth-order valence-corrected chi connectivity index (χ4v) is 2.14. The Morgan fingerprint density at radius 1 is 1.56 bits per heavy atom. The number of aromatic amines is 1. The number of anilines is 2. The van der Waals surface area contributed by atoms with E-state index in [1.54, 1.807) is 0 Å². The molecule has 2 rings (SSSR count). The third-order valence-corrected chi connectivity index (χ3v) is 3.14. The lowest BCUT2D eigenvalue weighted by Gasteiger charge is -2.28. The molecule has 0 spiro atoms. The first-order valence-corrected chi connectivity index (χ1v) is 5.39. The molecule has 6 nitrogen and oxygen atoms in total. The number of H-pyrrole nitrogens is 1. The van der Waals surface area contributed by atoms with Crippen LogP contribution in [0.25, 0.3) is 0 Å². The Morgan fingerprint density at radius 3 is 2.88 bits per heavy atom. The minimum atomic E-state index is -0.366. The maximum atomic E-state index is 11.3. The maximum absolute atomic E-state index is 11.3. The molecule has 1 fully saturated rings. The van der Waals surface area contributed by atoms with E-state index in [0.717, 1.165) is 25.7 Å². The van der Waals surface area contributed by atoms with Crippen LogP contribution in [0.4, 0.5) is 11.5 Å². The summed E-state index contributed by atoms with van der Waals surface area (Å²) >= 11 is 0. The highest BCUT2D eigenvalue weighted by Gasteiger charge is 2.33. The molecule has 1 aliphatic rings. The molecule has 1 saturated carbocycles. The van der Waals surface area contributed by atoms with Gasteiger partial charge in [-0.25, -0.2) is 4.98 Å². The summed E-state index contributed by atoms with van der Waals surface area (Å²) in [7, 11) is 0. The summed E-state index contributed by atoms with van der Waals surface area (Å²) in [6, 6.07) is 0. The number of hydrogen-bond donors (Lipinski definition) is 4. The zero-order valence-corrected chi connectivity index (χ0v) is 8.99. The maximum Gasteiger partial charge on any atom is 0.276 e. The third kappa shape index (κ3) is 1.88. The van der Waals surface area contributed by atoms with Crippen molar-refractivity contribution in [2.75, 3.05) is 17.7 Å². The predicted molar refractivity (Wildman–Crippen MR) is 61.2 cm³/mol. The van der Waals surface area contributed by atoms with Gasteiger partial charge in [-0.05, 0) is 12.8 Å². The van der Waals surface area contributed by atoms with Crippen LogP contribution in [0, 0.1) is 0 Å². The second-order valence-corrected chi connectivity index (χ2v) is 4.26. The summed E-state index contributed by atoms with van der Waals surface area (Å²) in [4.78, 5) is 17.7. The average Bonchev–Trinajstić information content (AvgIpc) is 2.74. The Kier molecular flexibility index (Phi) is 2.82.